The molecule has 1 aromatic carbocycles. The Labute approximate surface area is 134 Å². The fraction of sp³-hybridized carbons (Fsp3) is 0.400. The largest absolute Gasteiger partial charge is 0.236 e. The van der Waals surface area contributed by atoms with Crippen LogP contribution in [-0.4, -0.2) is 9.97 Å². The van der Waals surface area contributed by atoms with Crippen molar-refractivity contribution in [1.29, 1.82) is 0 Å². The lowest BCUT2D eigenvalue weighted by atomic mass is 10.1. The molecule has 0 fully saturated rings. The van der Waals surface area contributed by atoms with E-state index in [4.69, 9.17) is 0 Å². The summed E-state index contributed by atoms with van der Waals surface area (Å²) in [5.41, 5.74) is 3.69. The Kier molecular flexibility index (Phi) is 6.82. The maximum absolute atomic E-state index is 4.50. The predicted octanol–water partition coefficient (Wildman–Crippen LogP) is 5.39. The smallest absolute Gasteiger partial charge is 0.159 e. The normalized spacial score (nSPS) is 10.6. The molecule has 0 atom stereocenters. The summed E-state index contributed by atoms with van der Waals surface area (Å²) in [6.45, 7) is 5.98. The maximum atomic E-state index is 4.50. The van der Waals surface area contributed by atoms with Crippen LogP contribution in [0.5, 0.6) is 0 Å². The van der Waals surface area contributed by atoms with Gasteiger partial charge in [0.05, 0.1) is 0 Å². The van der Waals surface area contributed by atoms with Crippen LogP contribution in [0.2, 0.25) is 0 Å². The van der Waals surface area contributed by atoms with Crippen LogP contribution in [0, 0.1) is 0 Å². The van der Waals surface area contributed by atoms with E-state index in [0.29, 0.717) is 0 Å². The van der Waals surface area contributed by atoms with Gasteiger partial charge in [0.15, 0.2) is 5.82 Å². The average Bonchev–Trinajstić information content (AvgIpc) is 2.57. The number of unbranched alkanes of at least 4 members (excludes halogenated alkanes) is 3. The molecule has 116 valence electrons. The Bertz CT molecular complexity index is 555. The highest BCUT2D eigenvalue weighted by Gasteiger charge is 2.02. The van der Waals surface area contributed by atoms with Crippen LogP contribution in [0.15, 0.2) is 49.3 Å². The predicted molar refractivity (Wildman–Crippen MR) is 93.8 cm³/mol. The SMILES string of the molecule is C=CCCCc1cnc(-c2ccc(CCCCC)cc2)nc1. The molecule has 0 aliphatic carbocycles. The summed E-state index contributed by atoms with van der Waals surface area (Å²) < 4.78 is 0. The van der Waals surface area contributed by atoms with Crippen LogP contribution in [0.4, 0.5) is 0 Å². The minimum Gasteiger partial charge on any atom is -0.236 e. The Balaban J connectivity index is 1.94. The molecule has 2 nitrogen and oxygen atoms in total. The van der Waals surface area contributed by atoms with Gasteiger partial charge in [-0.2, -0.15) is 0 Å². The van der Waals surface area contributed by atoms with Crippen LogP contribution in [0.3, 0.4) is 0 Å². The van der Waals surface area contributed by atoms with Crippen molar-refractivity contribution in [3.05, 3.63) is 60.4 Å². The summed E-state index contributed by atoms with van der Waals surface area (Å²) in [5, 5.41) is 0. The van der Waals surface area contributed by atoms with Crippen LogP contribution >= 0.6 is 0 Å². The molecule has 0 bridgehead atoms. The van der Waals surface area contributed by atoms with Crippen molar-refractivity contribution in [3.8, 4) is 11.4 Å². The molecular formula is C20H26N2. The summed E-state index contributed by atoms with van der Waals surface area (Å²) >= 11 is 0. The van der Waals surface area contributed by atoms with Gasteiger partial charge in [0, 0.05) is 18.0 Å². The molecule has 22 heavy (non-hydrogen) atoms. The molecule has 0 aliphatic heterocycles. The highest BCUT2D eigenvalue weighted by atomic mass is 14.9. The van der Waals surface area contributed by atoms with E-state index in [0.717, 1.165) is 37.1 Å². The quantitative estimate of drug-likeness (QED) is 0.458. The molecule has 1 heterocycles. The van der Waals surface area contributed by atoms with Crippen LogP contribution in [-0.2, 0) is 12.8 Å². The van der Waals surface area contributed by atoms with Crippen molar-refractivity contribution in [2.24, 2.45) is 0 Å². The second kappa shape index (κ2) is 9.14. The number of hydrogen-bond acceptors (Lipinski definition) is 2. The van der Waals surface area contributed by atoms with Crippen molar-refractivity contribution in [2.45, 2.75) is 51.9 Å². The molecule has 1 aromatic heterocycles. The molecule has 0 unspecified atom stereocenters. The Morgan fingerprint density at radius 1 is 0.909 bits per heavy atom. The van der Waals surface area contributed by atoms with E-state index in [1.54, 1.807) is 0 Å². The third-order valence-corrected chi connectivity index (χ3v) is 3.86. The first-order chi connectivity index (χ1) is 10.8. The molecule has 0 amide bonds. The second-order valence-corrected chi connectivity index (χ2v) is 5.75. The van der Waals surface area contributed by atoms with Crippen molar-refractivity contribution in [2.75, 3.05) is 0 Å². The van der Waals surface area contributed by atoms with Gasteiger partial charge in [-0.15, -0.1) is 6.58 Å². The highest BCUT2D eigenvalue weighted by Crippen LogP contribution is 2.17. The molecule has 2 aromatic rings. The molecule has 0 aliphatic rings. The first-order valence-electron chi connectivity index (χ1n) is 8.34. The van der Waals surface area contributed by atoms with Crippen LogP contribution in [0.1, 0.15) is 50.2 Å². The number of benzene rings is 1. The summed E-state index contributed by atoms with van der Waals surface area (Å²) in [7, 11) is 0. The summed E-state index contributed by atoms with van der Waals surface area (Å²) in [5.74, 6) is 0.813. The first-order valence-corrected chi connectivity index (χ1v) is 8.34. The lowest BCUT2D eigenvalue weighted by Crippen LogP contribution is -1.93. The maximum Gasteiger partial charge on any atom is 0.159 e. The molecule has 2 heteroatoms. The van der Waals surface area contributed by atoms with Crippen LogP contribution in [0.25, 0.3) is 11.4 Å². The number of nitrogens with zero attached hydrogens (tertiary/aromatic N) is 2. The molecule has 0 radical (unpaired) electrons. The Hall–Kier alpha value is -1.96. The van der Waals surface area contributed by atoms with E-state index in [-0.39, 0.29) is 0 Å². The fourth-order valence-corrected chi connectivity index (χ4v) is 2.48. The third kappa shape index (κ3) is 5.10. The zero-order valence-electron chi connectivity index (χ0n) is 13.6. The monoisotopic (exact) mass is 294 g/mol. The first kappa shape index (κ1) is 16.4. The molecule has 2 rings (SSSR count). The molecule has 0 saturated carbocycles. The van der Waals surface area contributed by atoms with Crippen molar-refractivity contribution < 1.29 is 0 Å². The van der Waals surface area contributed by atoms with Crippen LogP contribution < -0.4 is 0 Å². The Morgan fingerprint density at radius 2 is 1.59 bits per heavy atom. The molecule has 0 N–H and O–H groups in total. The van der Waals surface area contributed by atoms with Gasteiger partial charge in [-0.3, -0.25) is 0 Å². The third-order valence-electron chi connectivity index (χ3n) is 3.86. The zero-order chi connectivity index (χ0) is 15.6. The lowest BCUT2D eigenvalue weighted by Gasteiger charge is -2.04. The van der Waals surface area contributed by atoms with E-state index in [1.807, 2.05) is 18.5 Å². The van der Waals surface area contributed by atoms with Gasteiger partial charge >= 0.3 is 0 Å². The molecule has 0 spiro atoms. The van der Waals surface area contributed by atoms with E-state index in [9.17, 15) is 0 Å². The minimum absolute atomic E-state index is 0.813. The standard InChI is InChI=1S/C20H26N2/c1-3-5-7-9-17-11-13-19(14-12-17)20-21-15-18(16-22-20)10-8-6-4-2/h4,11-16H,2-3,5-10H2,1H3. The van der Waals surface area contributed by atoms with E-state index < -0.39 is 0 Å². The van der Waals surface area contributed by atoms with Gasteiger partial charge < -0.3 is 0 Å². The van der Waals surface area contributed by atoms with E-state index in [1.165, 1.54) is 30.4 Å². The van der Waals surface area contributed by atoms with Crippen molar-refractivity contribution >= 4 is 0 Å². The topological polar surface area (TPSA) is 25.8 Å². The van der Waals surface area contributed by atoms with Gasteiger partial charge in [0.1, 0.15) is 0 Å². The van der Waals surface area contributed by atoms with E-state index in [2.05, 4.69) is 47.7 Å². The number of aromatic nitrogens is 2. The zero-order valence-corrected chi connectivity index (χ0v) is 13.6. The van der Waals surface area contributed by atoms with Gasteiger partial charge in [0.2, 0.25) is 0 Å². The fourth-order valence-electron chi connectivity index (χ4n) is 2.48. The van der Waals surface area contributed by atoms with Gasteiger partial charge in [-0.25, -0.2) is 9.97 Å². The second-order valence-electron chi connectivity index (χ2n) is 5.75. The Morgan fingerprint density at radius 3 is 2.23 bits per heavy atom. The number of hydrogen-bond donors (Lipinski definition) is 0. The highest BCUT2D eigenvalue weighted by molar-refractivity contribution is 5.55. The molecule has 0 saturated heterocycles. The van der Waals surface area contributed by atoms with Gasteiger partial charge in [-0.05, 0) is 43.2 Å². The summed E-state index contributed by atoms with van der Waals surface area (Å²) in [6, 6.07) is 8.67. The lowest BCUT2D eigenvalue weighted by molar-refractivity contribution is 0.717. The number of rotatable bonds is 9. The van der Waals surface area contributed by atoms with Gasteiger partial charge in [0.25, 0.3) is 0 Å². The number of allylic oxidation sites excluding steroid dienone is 1. The van der Waals surface area contributed by atoms with E-state index >= 15 is 0 Å². The minimum atomic E-state index is 0.813. The average molecular weight is 294 g/mol. The van der Waals surface area contributed by atoms with Crippen molar-refractivity contribution in [1.82, 2.24) is 9.97 Å². The van der Waals surface area contributed by atoms with Crippen molar-refractivity contribution in [3.63, 3.8) is 0 Å². The summed E-state index contributed by atoms with van der Waals surface area (Å²) in [4.78, 5) is 8.99. The van der Waals surface area contributed by atoms with Gasteiger partial charge in [-0.1, -0.05) is 50.1 Å². The molecular weight excluding hydrogens is 268 g/mol. The summed E-state index contributed by atoms with van der Waals surface area (Å²) in [6.07, 6.45) is 14.0. The number of aryl methyl sites for hydroxylation is 2.